The molecule has 2 aromatic heterocycles. The molecule has 0 aliphatic carbocycles. The molecule has 0 saturated carbocycles. The summed E-state index contributed by atoms with van der Waals surface area (Å²) >= 11 is 1.82. The van der Waals surface area contributed by atoms with Crippen LogP contribution in [-0.2, 0) is 5.54 Å². The van der Waals surface area contributed by atoms with E-state index in [1.807, 2.05) is 23.7 Å². The third-order valence-electron chi connectivity index (χ3n) is 3.52. The van der Waals surface area contributed by atoms with Gasteiger partial charge in [-0.15, -0.1) is 11.3 Å². The van der Waals surface area contributed by atoms with Gasteiger partial charge < -0.3 is 5.32 Å². The zero-order valence-corrected chi connectivity index (χ0v) is 10.9. The van der Waals surface area contributed by atoms with E-state index in [1.54, 1.807) is 0 Å². The van der Waals surface area contributed by atoms with Crippen LogP contribution in [0, 0.1) is 0 Å². The summed E-state index contributed by atoms with van der Waals surface area (Å²) in [7, 11) is 0. The molecule has 1 atom stereocenters. The summed E-state index contributed by atoms with van der Waals surface area (Å²) in [5, 5.41) is 4.93. The average Bonchev–Trinajstić information content (AvgIpc) is 2.95. The first kappa shape index (κ1) is 11.1. The summed E-state index contributed by atoms with van der Waals surface area (Å²) in [6.07, 6.45) is 8.56. The highest BCUT2D eigenvalue weighted by molar-refractivity contribution is 7.18. The van der Waals surface area contributed by atoms with Gasteiger partial charge in [0.05, 0.1) is 22.0 Å². The molecule has 1 saturated heterocycles. The highest BCUT2D eigenvalue weighted by Gasteiger charge is 2.37. The van der Waals surface area contributed by atoms with Crippen LogP contribution in [0.25, 0.3) is 10.2 Å². The Morgan fingerprint density at radius 1 is 1.53 bits per heavy atom. The number of fused-ring (bicyclic) bond motifs is 1. The van der Waals surface area contributed by atoms with E-state index < -0.39 is 0 Å². The fraction of sp³-hybridized carbons (Fsp3) is 0.538. The predicted octanol–water partition coefficient (Wildman–Crippen LogP) is 3.07. The van der Waals surface area contributed by atoms with Gasteiger partial charge in [-0.25, -0.2) is 4.98 Å². The fourth-order valence-electron chi connectivity index (χ4n) is 2.72. The molecular weight excluding hydrogens is 230 g/mol. The van der Waals surface area contributed by atoms with E-state index in [9.17, 15) is 0 Å². The standard InChI is InChI=1S/C13H17N3S/c1-2-5-13(6-3-7-15-13)12-16-10-9-14-8-4-11(10)17-12/h4,8-9,15H,2-3,5-7H2,1H3. The molecule has 3 nitrogen and oxygen atoms in total. The molecule has 2 aromatic rings. The topological polar surface area (TPSA) is 37.8 Å². The summed E-state index contributed by atoms with van der Waals surface area (Å²) in [4.78, 5) is 8.92. The minimum absolute atomic E-state index is 0.137. The number of hydrogen-bond acceptors (Lipinski definition) is 4. The van der Waals surface area contributed by atoms with Gasteiger partial charge in [-0.3, -0.25) is 4.98 Å². The Morgan fingerprint density at radius 2 is 2.47 bits per heavy atom. The maximum Gasteiger partial charge on any atom is 0.114 e. The molecule has 0 aromatic carbocycles. The number of rotatable bonds is 3. The van der Waals surface area contributed by atoms with Gasteiger partial charge in [0.2, 0.25) is 0 Å². The molecule has 1 aliphatic heterocycles. The van der Waals surface area contributed by atoms with Crippen LogP contribution in [0.3, 0.4) is 0 Å². The molecule has 0 spiro atoms. The molecular formula is C13H17N3S. The predicted molar refractivity (Wildman–Crippen MR) is 71.2 cm³/mol. The third kappa shape index (κ3) is 1.85. The SMILES string of the molecule is CCCC1(c2nc3cnccc3s2)CCCN1. The summed E-state index contributed by atoms with van der Waals surface area (Å²) in [6, 6.07) is 2.06. The minimum atomic E-state index is 0.137. The van der Waals surface area contributed by atoms with Crippen LogP contribution in [0.1, 0.15) is 37.6 Å². The number of hydrogen-bond donors (Lipinski definition) is 1. The second-order valence-corrected chi connectivity index (χ2v) is 5.76. The molecule has 4 heteroatoms. The van der Waals surface area contributed by atoms with E-state index in [4.69, 9.17) is 4.98 Å². The van der Waals surface area contributed by atoms with Crippen LogP contribution < -0.4 is 5.32 Å². The lowest BCUT2D eigenvalue weighted by atomic mass is 9.93. The second kappa shape index (κ2) is 4.35. The quantitative estimate of drug-likeness (QED) is 0.905. The number of pyridine rings is 1. The Kier molecular flexibility index (Phi) is 2.84. The maximum absolute atomic E-state index is 4.78. The van der Waals surface area contributed by atoms with Crippen molar-refractivity contribution in [1.82, 2.24) is 15.3 Å². The van der Waals surface area contributed by atoms with Gasteiger partial charge in [-0.1, -0.05) is 13.3 Å². The molecule has 0 bridgehead atoms. The van der Waals surface area contributed by atoms with E-state index in [0.717, 1.165) is 12.1 Å². The Labute approximate surface area is 105 Å². The largest absolute Gasteiger partial charge is 0.305 e. The first-order chi connectivity index (χ1) is 8.34. The molecule has 1 unspecified atom stereocenters. The van der Waals surface area contributed by atoms with E-state index in [2.05, 4.69) is 23.3 Å². The molecule has 1 N–H and O–H groups in total. The molecule has 0 radical (unpaired) electrons. The molecule has 1 fully saturated rings. The highest BCUT2D eigenvalue weighted by atomic mass is 32.1. The number of aromatic nitrogens is 2. The van der Waals surface area contributed by atoms with Crippen LogP contribution in [0.15, 0.2) is 18.5 Å². The third-order valence-corrected chi connectivity index (χ3v) is 4.76. The molecule has 3 heterocycles. The number of thiazole rings is 1. The van der Waals surface area contributed by atoms with Gasteiger partial charge in [0.25, 0.3) is 0 Å². The zero-order chi connectivity index (χ0) is 11.7. The van der Waals surface area contributed by atoms with Crippen LogP contribution in [0.4, 0.5) is 0 Å². The van der Waals surface area contributed by atoms with E-state index in [0.29, 0.717) is 0 Å². The van der Waals surface area contributed by atoms with Crippen molar-refractivity contribution in [3.05, 3.63) is 23.5 Å². The van der Waals surface area contributed by atoms with Crippen molar-refractivity contribution in [2.45, 2.75) is 38.1 Å². The summed E-state index contributed by atoms with van der Waals surface area (Å²) in [5.74, 6) is 0. The zero-order valence-electron chi connectivity index (χ0n) is 10.1. The monoisotopic (exact) mass is 247 g/mol. The van der Waals surface area contributed by atoms with Gasteiger partial charge in [-0.2, -0.15) is 0 Å². The average molecular weight is 247 g/mol. The van der Waals surface area contributed by atoms with Crippen molar-refractivity contribution < 1.29 is 0 Å². The molecule has 90 valence electrons. The van der Waals surface area contributed by atoms with Gasteiger partial charge in [0.1, 0.15) is 5.01 Å². The number of nitrogens with zero attached hydrogens (tertiary/aromatic N) is 2. The van der Waals surface area contributed by atoms with E-state index in [1.165, 1.54) is 35.4 Å². The molecule has 0 amide bonds. The van der Waals surface area contributed by atoms with Crippen molar-refractivity contribution in [2.24, 2.45) is 0 Å². The van der Waals surface area contributed by atoms with Gasteiger partial charge in [-0.05, 0) is 31.9 Å². The normalized spacial score (nSPS) is 24.5. The minimum Gasteiger partial charge on any atom is -0.305 e. The van der Waals surface area contributed by atoms with Gasteiger partial charge in [0, 0.05) is 6.20 Å². The first-order valence-electron chi connectivity index (χ1n) is 6.30. The van der Waals surface area contributed by atoms with Crippen LogP contribution in [0.5, 0.6) is 0 Å². The Morgan fingerprint density at radius 3 is 3.18 bits per heavy atom. The smallest absolute Gasteiger partial charge is 0.114 e. The van der Waals surface area contributed by atoms with E-state index in [-0.39, 0.29) is 5.54 Å². The van der Waals surface area contributed by atoms with Gasteiger partial charge in [0.15, 0.2) is 0 Å². The van der Waals surface area contributed by atoms with Crippen molar-refractivity contribution >= 4 is 21.6 Å². The summed E-state index contributed by atoms with van der Waals surface area (Å²) in [5.41, 5.74) is 1.18. The highest BCUT2D eigenvalue weighted by Crippen LogP contribution is 2.38. The Balaban J connectivity index is 2.05. The van der Waals surface area contributed by atoms with Crippen LogP contribution >= 0.6 is 11.3 Å². The van der Waals surface area contributed by atoms with Crippen molar-refractivity contribution in [2.75, 3.05) is 6.54 Å². The number of nitrogens with one attached hydrogen (secondary N) is 1. The molecule has 1 aliphatic rings. The maximum atomic E-state index is 4.78. The lowest BCUT2D eigenvalue weighted by molar-refractivity contribution is 0.355. The van der Waals surface area contributed by atoms with Crippen LogP contribution in [-0.4, -0.2) is 16.5 Å². The lowest BCUT2D eigenvalue weighted by Crippen LogP contribution is -2.36. The van der Waals surface area contributed by atoms with E-state index >= 15 is 0 Å². The Bertz CT molecular complexity index is 481. The second-order valence-electron chi connectivity index (χ2n) is 4.72. The summed E-state index contributed by atoms with van der Waals surface area (Å²) in [6.45, 7) is 3.37. The molecule has 3 rings (SSSR count). The van der Waals surface area contributed by atoms with Gasteiger partial charge >= 0.3 is 0 Å². The Hall–Kier alpha value is -1.00. The summed E-state index contributed by atoms with van der Waals surface area (Å²) < 4.78 is 1.25. The van der Waals surface area contributed by atoms with Crippen molar-refractivity contribution in [3.63, 3.8) is 0 Å². The van der Waals surface area contributed by atoms with Crippen molar-refractivity contribution in [1.29, 1.82) is 0 Å². The fourth-order valence-corrected chi connectivity index (χ4v) is 3.88. The van der Waals surface area contributed by atoms with Crippen molar-refractivity contribution in [3.8, 4) is 0 Å². The molecule has 17 heavy (non-hydrogen) atoms. The lowest BCUT2D eigenvalue weighted by Gasteiger charge is -2.26. The van der Waals surface area contributed by atoms with Crippen LogP contribution in [0.2, 0.25) is 0 Å². The first-order valence-corrected chi connectivity index (χ1v) is 7.12.